The molecule has 25 heavy (non-hydrogen) atoms. The topological polar surface area (TPSA) is 87.3 Å². The van der Waals surface area contributed by atoms with Crippen LogP contribution in [0.3, 0.4) is 0 Å². The predicted molar refractivity (Wildman–Crippen MR) is 95.6 cm³/mol. The van der Waals surface area contributed by atoms with Crippen molar-refractivity contribution in [3.63, 3.8) is 0 Å². The number of hydrogen-bond donors (Lipinski definition) is 3. The van der Waals surface area contributed by atoms with Crippen molar-refractivity contribution >= 4 is 29.1 Å². The van der Waals surface area contributed by atoms with Gasteiger partial charge in [0.2, 0.25) is 5.91 Å². The molecule has 0 spiro atoms. The quantitative estimate of drug-likeness (QED) is 0.784. The monoisotopic (exact) mass is 337 g/mol. The zero-order valence-corrected chi connectivity index (χ0v) is 13.8. The summed E-state index contributed by atoms with van der Waals surface area (Å²) in [7, 11) is 0. The molecule has 3 N–H and O–H groups in total. The number of nitrogens with one attached hydrogen (secondary N) is 3. The molecule has 0 unspecified atom stereocenters. The van der Waals surface area contributed by atoms with Crippen molar-refractivity contribution in [1.29, 1.82) is 0 Å². The van der Waals surface area contributed by atoms with E-state index in [1.165, 1.54) is 6.92 Å². The maximum atomic E-state index is 12.3. The summed E-state index contributed by atoms with van der Waals surface area (Å²) in [6.45, 7) is 1.41. The number of anilines is 2. The van der Waals surface area contributed by atoms with E-state index in [1.54, 1.807) is 48.5 Å². The van der Waals surface area contributed by atoms with Crippen LogP contribution in [0.4, 0.5) is 11.4 Å². The fraction of sp³-hybridized carbons (Fsp3) is 0.211. The predicted octanol–water partition coefficient (Wildman–Crippen LogP) is 2.79. The van der Waals surface area contributed by atoms with E-state index in [1.807, 2.05) is 0 Å². The average Bonchev–Trinajstić information content (AvgIpc) is 3.39. The van der Waals surface area contributed by atoms with Crippen molar-refractivity contribution in [1.82, 2.24) is 5.32 Å². The van der Waals surface area contributed by atoms with Crippen molar-refractivity contribution in [3.8, 4) is 0 Å². The molecule has 3 rings (SSSR count). The molecule has 0 saturated heterocycles. The van der Waals surface area contributed by atoms with Crippen LogP contribution in [0.25, 0.3) is 0 Å². The van der Waals surface area contributed by atoms with E-state index in [-0.39, 0.29) is 17.7 Å². The molecule has 0 heterocycles. The van der Waals surface area contributed by atoms with Gasteiger partial charge in [-0.25, -0.2) is 0 Å². The second-order valence-electron chi connectivity index (χ2n) is 6.04. The maximum absolute atomic E-state index is 12.3. The van der Waals surface area contributed by atoms with Gasteiger partial charge in [0.1, 0.15) is 0 Å². The molecule has 1 saturated carbocycles. The zero-order valence-electron chi connectivity index (χ0n) is 13.8. The van der Waals surface area contributed by atoms with Crippen LogP contribution in [0, 0.1) is 0 Å². The first kappa shape index (κ1) is 16.7. The van der Waals surface area contributed by atoms with Crippen molar-refractivity contribution in [2.45, 2.75) is 25.8 Å². The minimum absolute atomic E-state index is 0.0941. The number of benzene rings is 2. The van der Waals surface area contributed by atoms with Crippen molar-refractivity contribution in [2.75, 3.05) is 10.6 Å². The number of hydrogen-bond acceptors (Lipinski definition) is 3. The van der Waals surface area contributed by atoms with Gasteiger partial charge in [0, 0.05) is 35.5 Å². The van der Waals surface area contributed by atoms with Crippen LogP contribution in [0.15, 0.2) is 48.5 Å². The molecular weight excluding hydrogens is 318 g/mol. The number of amides is 3. The van der Waals surface area contributed by atoms with Gasteiger partial charge >= 0.3 is 0 Å². The number of carbonyl (C=O) groups is 3. The van der Waals surface area contributed by atoms with Gasteiger partial charge in [-0.1, -0.05) is 6.07 Å². The molecule has 3 amide bonds. The minimum Gasteiger partial charge on any atom is -0.349 e. The Kier molecular flexibility index (Phi) is 4.79. The summed E-state index contributed by atoms with van der Waals surface area (Å²) in [4.78, 5) is 35.4. The Morgan fingerprint density at radius 2 is 1.56 bits per heavy atom. The largest absolute Gasteiger partial charge is 0.349 e. The third-order valence-electron chi connectivity index (χ3n) is 3.76. The highest BCUT2D eigenvalue weighted by atomic mass is 16.2. The second kappa shape index (κ2) is 7.17. The molecule has 6 nitrogen and oxygen atoms in total. The van der Waals surface area contributed by atoms with Gasteiger partial charge in [-0.3, -0.25) is 14.4 Å². The summed E-state index contributed by atoms with van der Waals surface area (Å²) >= 11 is 0. The molecule has 6 heteroatoms. The molecule has 0 radical (unpaired) electrons. The molecule has 0 aromatic heterocycles. The molecule has 1 aliphatic carbocycles. The summed E-state index contributed by atoms with van der Waals surface area (Å²) in [6.07, 6.45) is 2.08. The van der Waals surface area contributed by atoms with E-state index in [4.69, 9.17) is 0 Å². The van der Waals surface area contributed by atoms with Gasteiger partial charge in [0.05, 0.1) is 0 Å². The Labute approximate surface area is 145 Å². The highest BCUT2D eigenvalue weighted by Gasteiger charge is 2.23. The zero-order chi connectivity index (χ0) is 17.8. The maximum Gasteiger partial charge on any atom is 0.255 e. The van der Waals surface area contributed by atoms with Crippen LogP contribution in [0.1, 0.15) is 40.5 Å². The first-order valence-corrected chi connectivity index (χ1v) is 8.11. The summed E-state index contributed by atoms with van der Waals surface area (Å²) in [5.41, 5.74) is 2.16. The van der Waals surface area contributed by atoms with E-state index >= 15 is 0 Å². The van der Waals surface area contributed by atoms with Crippen LogP contribution < -0.4 is 16.0 Å². The SMILES string of the molecule is CC(=O)Nc1cccc(C(=O)Nc2ccc(C(=O)NC3CC3)cc2)c1. The Morgan fingerprint density at radius 1 is 0.840 bits per heavy atom. The lowest BCUT2D eigenvalue weighted by Gasteiger charge is -2.08. The Bertz CT molecular complexity index is 811. The average molecular weight is 337 g/mol. The van der Waals surface area contributed by atoms with Gasteiger partial charge in [-0.15, -0.1) is 0 Å². The van der Waals surface area contributed by atoms with E-state index in [0.29, 0.717) is 28.5 Å². The van der Waals surface area contributed by atoms with Crippen LogP contribution in [0.5, 0.6) is 0 Å². The lowest BCUT2D eigenvalue weighted by Crippen LogP contribution is -2.25. The summed E-state index contributed by atoms with van der Waals surface area (Å²) < 4.78 is 0. The highest BCUT2D eigenvalue weighted by molar-refractivity contribution is 6.05. The molecule has 0 atom stereocenters. The highest BCUT2D eigenvalue weighted by Crippen LogP contribution is 2.20. The lowest BCUT2D eigenvalue weighted by molar-refractivity contribution is -0.114. The number of carbonyl (C=O) groups excluding carboxylic acids is 3. The van der Waals surface area contributed by atoms with E-state index in [0.717, 1.165) is 12.8 Å². The molecule has 1 aliphatic rings. The molecule has 2 aromatic rings. The number of rotatable bonds is 5. The summed E-state index contributed by atoms with van der Waals surface area (Å²) in [6, 6.07) is 13.7. The van der Waals surface area contributed by atoms with Gasteiger partial charge in [-0.05, 0) is 55.3 Å². The third-order valence-corrected chi connectivity index (χ3v) is 3.76. The molecule has 128 valence electrons. The van der Waals surface area contributed by atoms with Gasteiger partial charge in [0.25, 0.3) is 11.8 Å². The van der Waals surface area contributed by atoms with E-state index < -0.39 is 0 Å². The summed E-state index contributed by atoms with van der Waals surface area (Å²) in [5.74, 6) is -0.580. The van der Waals surface area contributed by atoms with Crippen LogP contribution >= 0.6 is 0 Å². The summed E-state index contributed by atoms with van der Waals surface area (Å²) in [5, 5.41) is 8.33. The normalized spacial score (nSPS) is 13.0. The minimum atomic E-state index is -0.289. The smallest absolute Gasteiger partial charge is 0.255 e. The van der Waals surface area contributed by atoms with Gasteiger partial charge in [-0.2, -0.15) is 0 Å². The van der Waals surface area contributed by atoms with Crippen LogP contribution in [0.2, 0.25) is 0 Å². The first-order valence-electron chi connectivity index (χ1n) is 8.11. The van der Waals surface area contributed by atoms with Crippen molar-refractivity contribution in [3.05, 3.63) is 59.7 Å². The van der Waals surface area contributed by atoms with E-state index in [9.17, 15) is 14.4 Å². The molecule has 2 aromatic carbocycles. The van der Waals surface area contributed by atoms with Crippen molar-refractivity contribution in [2.24, 2.45) is 0 Å². The third kappa shape index (κ3) is 4.67. The van der Waals surface area contributed by atoms with Crippen LogP contribution in [-0.2, 0) is 4.79 Å². The van der Waals surface area contributed by atoms with Gasteiger partial charge < -0.3 is 16.0 Å². The fourth-order valence-electron chi connectivity index (χ4n) is 2.35. The first-order chi connectivity index (χ1) is 12.0. The standard InChI is InChI=1S/C19H19N3O3/c1-12(23)20-17-4-2-3-14(11-17)19(25)22-15-7-5-13(6-8-15)18(24)21-16-9-10-16/h2-8,11,16H,9-10H2,1H3,(H,20,23)(H,21,24)(H,22,25). The molecule has 1 fully saturated rings. The fourth-order valence-corrected chi connectivity index (χ4v) is 2.35. The Hall–Kier alpha value is -3.15. The lowest BCUT2D eigenvalue weighted by atomic mass is 10.1. The Morgan fingerprint density at radius 3 is 2.20 bits per heavy atom. The molecule has 0 bridgehead atoms. The molecular formula is C19H19N3O3. The second-order valence-corrected chi connectivity index (χ2v) is 6.04. The molecule has 0 aliphatic heterocycles. The van der Waals surface area contributed by atoms with Gasteiger partial charge in [0.15, 0.2) is 0 Å². The van der Waals surface area contributed by atoms with Crippen LogP contribution in [-0.4, -0.2) is 23.8 Å². The van der Waals surface area contributed by atoms with Crippen molar-refractivity contribution < 1.29 is 14.4 Å². The Balaban J connectivity index is 1.64. The van der Waals surface area contributed by atoms with E-state index in [2.05, 4.69) is 16.0 Å².